The fraction of sp³-hybridized carbons (Fsp3) is 0.613. The maximum atomic E-state index is 13.8. The summed E-state index contributed by atoms with van der Waals surface area (Å²) in [5.41, 5.74) is 1.79. The number of carbonyl (C=O) groups excluding carboxylic acids is 2. The number of likely N-dealkylation sites (N-methyl/N-ethyl adjacent to an activating group) is 1. The number of amides is 1. The summed E-state index contributed by atoms with van der Waals surface area (Å²) in [5, 5.41) is 9.85. The highest BCUT2D eigenvalue weighted by molar-refractivity contribution is 5.95. The van der Waals surface area contributed by atoms with Gasteiger partial charge in [-0.25, -0.2) is 0 Å². The van der Waals surface area contributed by atoms with Crippen molar-refractivity contribution in [3.8, 4) is 0 Å². The Hall–Kier alpha value is -2.72. The molecule has 1 fully saturated rings. The van der Waals surface area contributed by atoms with E-state index in [4.69, 9.17) is 24.1 Å². The molecule has 4 rings (SSSR count). The van der Waals surface area contributed by atoms with Gasteiger partial charge in [-0.1, -0.05) is 37.5 Å². The number of allylic oxidation sites excluding steroid dienone is 1. The molecule has 1 aliphatic carbocycles. The number of ether oxygens (including phenoxy) is 4. The zero-order chi connectivity index (χ0) is 28.5. The maximum absolute atomic E-state index is 13.8. The van der Waals surface area contributed by atoms with Gasteiger partial charge in [-0.05, 0) is 43.9 Å². The Morgan fingerprint density at radius 1 is 1.07 bits per heavy atom. The van der Waals surface area contributed by atoms with Crippen LogP contribution in [0.15, 0.2) is 42.3 Å². The van der Waals surface area contributed by atoms with Crippen LogP contribution >= 0.6 is 0 Å². The molecule has 220 valence electrons. The molecule has 1 saturated carbocycles. The Morgan fingerprint density at radius 3 is 2.50 bits per heavy atom. The molecule has 0 unspecified atom stereocenters. The highest BCUT2D eigenvalue weighted by Gasteiger charge is 2.40. The van der Waals surface area contributed by atoms with E-state index in [0.29, 0.717) is 38.6 Å². The third-order valence-electron chi connectivity index (χ3n) is 8.01. The molecule has 0 bridgehead atoms. The molecule has 40 heavy (non-hydrogen) atoms. The molecule has 1 aromatic carbocycles. The Labute approximate surface area is 237 Å². The minimum Gasteiger partial charge on any atom is -0.459 e. The Kier molecular flexibility index (Phi) is 11.2. The van der Waals surface area contributed by atoms with Crippen molar-refractivity contribution in [3.05, 3.63) is 47.9 Å². The van der Waals surface area contributed by atoms with Gasteiger partial charge in [0, 0.05) is 56.6 Å². The van der Waals surface area contributed by atoms with Crippen LogP contribution in [0.5, 0.6) is 0 Å². The molecule has 2 aliphatic rings. The van der Waals surface area contributed by atoms with Crippen LogP contribution in [0.1, 0.15) is 68.6 Å². The second-order valence-corrected chi connectivity index (χ2v) is 10.6. The van der Waals surface area contributed by atoms with Crippen LogP contribution in [0.2, 0.25) is 0 Å². The summed E-state index contributed by atoms with van der Waals surface area (Å²) in [5.74, 6) is -0.292. The van der Waals surface area contributed by atoms with Gasteiger partial charge >= 0.3 is 0 Å². The van der Waals surface area contributed by atoms with E-state index in [2.05, 4.69) is 0 Å². The van der Waals surface area contributed by atoms with Gasteiger partial charge in [0.25, 0.3) is 5.91 Å². The average molecular weight is 557 g/mol. The lowest BCUT2D eigenvalue weighted by Crippen LogP contribution is -2.43. The monoisotopic (exact) mass is 556 g/mol. The molecule has 9 nitrogen and oxygen atoms in total. The van der Waals surface area contributed by atoms with Crippen molar-refractivity contribution in [1.29, 1.82) is 0 Å². The third kappa shape index (κ3) is 7.13. The van der Waals surface area contributed by atoms with Gasteiger partial charge in [-0.3, -0.25) is 14.2 Å². The summed E-state index contributed by atoms with van der Waals surface area (Å²) in [6, 6.07) is 8.05. The predicted octanol–water partition coefficient (Wildman–Crippen LogP) is 4.48. The van der Waals surface area contributed by atoms with Crippen molar-refractivity contribution in [3.63, 3.8) is 0 Å². The Bertz CT molecular complexity index is 1150. The molecule has 9 heteroatoms. The van der Waals surface area contributed by atoms with Crippen LogP contribution in [0.25, 0.3) is 10.9 Å². The number of hydrogen-bond acceptors (Lipinski definition) is 7. The lowest BCUT2D eigenvalue weighted by atomic mass is 9.81. The van der Waals surface area contributed by atoms with Crippen molar-refractivity contribution in [2.24, 2.45) is 5.92 Å². The second kappa shape index (κ2) is 14.8. The fourth-order valence-electron chi connectivity index (χ4n) is 5.93. The fourth-order valence-corrected chi connectivity index (χ4v) is 5.93. The van der Waals surface area contributed by atoms with Gasteiger partial charge in [0.2, 0.25) is 12.2 Å². The number of aromatic nitrogens is 1. The first-order valence-electron chi connectivity index (χ1n) is 14.6. The summed E-state index contributed by atoms with van der Waals surface area (Å²) in [6.07, 6.45) is 9.27. The van der Waals surface area contributed by atoms with Crippen molar-refractivity contribution >= 4 is 22.7 Å². The van der Waals surface area contributed by atoms with Gasteiger partial charge in [0.1, 0.15) is 0 Å². The van der Waals surface area contributed by atoms with Crippen LogP contribution in [0.3, 0.4) is 0 Å². The number of carbonyl (C=O) groups is 2. The van der Waals surface area contributed by atoms with Crippen molar-refractivity contribution in [2.75, 3.05) is 46.7 Å². The molecule has 1 aromatic heterocycles. The number of para-hydroxylation sites is 1. The summed E-state index contributed by atoms with van der Waals surface area (Å²) >= 11 is 0. The standard InChI is InChI=1S/C31H44N2O7/c1-4-39-31-25(14-16-37-18-19-38-17-15-34)26(27-21-33(22(2)35)28-13-9-8-12-24(27)28)20-29(40-31)30(36)32(3)23-10-6-5-7-11-23/h8-9,12-13,20-21,23,25-26,31,34H,4-7,10-11,14-19H2,1-3H3/t25-,26-,31+/m1/s1. The first kappa shape index (κ1) is 30.2. The smallest absolute Gasteiger partial charge is 0.288 e. The number of aliphatic hydroxyl groups is 1. The Morgan fingerprint density at radius 2 is 1.80 bits per heavy atom. The van der Waals surface area contributed by atoms with Crippen LogP contribution in [0, 0.1) is 5.92 Å². The summed E-state index contributed by atoms with van der Waals surface area (Å²) < 4.78 is 25.2. The van der Waals surface area contributed by atoms with E-state index < -0.39 is 6.29 Å². The van der Waals surface area contributed by atoms with Crippen LogP contribution < -0.4 is 0 Å². The number of nitrogens with zero attached hydrogens (tertiary/aromatic N) is 2. The van der Waals surface area contributed by atoms with Gasteiger partial charge in [-0.2, -0.15) is 0 Å². The molecule has 3 atom stereocenters. The lowest BCUT2D eigenvalue weighted by molar-refractivity contribution is -0.172. The first-order valence-corrected chi connectivity index (χ1v) is 14.6. The SMILES string of the molecule is CCO[C@H]1OC(C(=O)N(C)C2CCCCC2)=C[C@@H](c2cn(C(C)=O)c3ccccc23)[C@H]1CCOCCOCCO. The van der Waals surface area contributed by atoms with Gasteiger partial charge in [0.15, 0.2) is 5.76 Å². The van der Waals surface area contributed by atoms with E-state index in [-0.39, 0.29) is 42.9 Å². The maximum Gasteiger partial charge on any atom is 0.288 e. The molecule has 2 heterocycles. The number of hydrogen-bond donors (Lipinski definition) is 1. The van der Waals surface area contributed by atoms with Crippen molar-refractivity contribution in [1.82, 2.24) is 9.47 Å². The van der Waals surface area contributed by atoms with Gasteiger partial charge in [-0.15, -0.1) is 0 Å². The van der Waals surface area contributed by atoms with Crippen LogP contribution in [-0.4, -0.2) is 85.4 Å². The summed E-state index contributed by atoms with van der Waals surface area (Å²) in [7, 11) is 1.87. The average Bonchev–Trinajstić information content (AvgIpc) is 3.37. The normalized spacial score (nSPS) is 21.7. The highest BCUT2D eigenvalue weighted by atomic mass is 16.7. The van der Waals surface area contributed by atoms with E-state index in [0.717, 1.165) is 42.1 Å². The molecule has 2 aromatic rings. The molecule has 1 N–H and O–H groups in total. The van der Waals surface area contributed by atoms with Crippen LogP contribution in [-0.2, 0) is 23.7 Å². The van der Waals surface area contributed by atoms with Crippen LogP contribution in [0.4, 0.5) is 0 Å². The summed E-state index contributed by atoms with van der Waals surface area (Å²) in [6.45, 7) is 5.42. The van der Waals surface area contributed by atoms with E-state index in [9.17, 15) is 9.59 Å². The topological polar surface area (TPSA) is 99.5 Å². The quantitative estimate of drug-likeness (QED) is 0.363. The lowest BCUT2D eigenvalue weighted by Gasteiger charge is -2.38. The molecule has 1 aliphatic heterocycles. The van der Waals surface area contributed by atoms with E-state index in [1.165, 1.54) is 6.42 Å². The van der Waals surface area contributed by atoms with Gasteiger partial charge < -0.3 is 29.0 Å². The zero-order valence-corrected chi connectivity index (χ0v) is 24.0. The molecule has 0 spiro atoms. The number of aliphatic hydroxyl groups excluding tert-OH is 1. The highest BCUT2D eigenvalue weighted by Crippen LogP contribution is 2.42. The molecule has 0 radical (unpaired) electrons. The minimum absolute atomic E-state index is 0.0195. The molecular formula is C31H44N2O7. The molecular weight excluding hydrogens is 512 g/mol. The minimum atomic E-state index is -0.646. The third-order valence-corrected chi connectivity index (χ3v) is 8.01. The molecule has 1 amide bonds. The van der Waals surface area contributed by atoms with E-state index in [1.807, 2.05) is 55.4 Å². The number of rotatable bonds is 13. The second-order valence-electron chi connectivity index (χ2n) is 10.6. The Balaban J connectivity index is 1.67. The summed E-state index contributed by atoms with van der Waals surface area (Å²) in [4.78, 5) is 28.1. The van der Waals surface area contributed by atoms with Gasteiger partial charge in [0.05, 0.1) is 31.9 Å². The van der Waals surface area contributed by atoms with E-state index >= 15 is 0 Å². The molecule has 0 saturated heterocycles. The zero-order valence-electron chi connectivity index (χ0n) is 24.0. The number of benzene rings is 1. The largest absolute Gasteiger partial charge is 0.459 e. The van der Waals surface area contributed by atoms with E-state index in [1.54, 1.807) is 11.5 Å². The van der Waals surface area contributed by atoms with Crippen molar-refractivity contribution in [2.45, 2.75) is 70.6 Å². The number of fused-ring (bicyclic) bond motifs is 1. The predicted molar refractivity (Wildman–Crippen MR) is 152 cm³/mol. The van der Waals surface area contributed by atoms with Crippen molar-refractivity contribution < 1.29 is 33.6 Å². The first-order chi connectivity index (χ1) is 19.5.